The van der Waals surface area contributed by atoms with Crippen LogP contribution in [0.1, 0.15) is 24.6 Å². The van der Waals surface area contributed by atoms with Gasteiger partial charge < -0.3 is 10.5 Å². The number of carbonyl (C=O) groups is 2. The van der Waals surface area contributed by atoms with Crippen molar-refractivity contribution in [2.24, 2.45) is 5.73 Å². The zero-order valence-corrected chi connectivity index (χ0v) is 13.7. The number of amides is 3. The predicted octanol–water partition coefficient (Wildman–Crippen LogP) is 2.26. The first kappa shape index (κ1) is 16.8. The Morgan fingerprint density at radius 1 is 1.35 bits per heavy atom. The highest BCUT2D eigenvalue weighted by Gasteiger charge is 2.20. The molecule has 0 aliphatic rings. The van der Waals surface area contributed by atoms with E-state index in [4.69, 9.17) is 10.5 Å². The molecule has 8 heteroatoms. The van der Waals surface area contributed by atoms with Gasteiger partial charge in [0.1, 0.15) is 5.75 Å². The number of nitrogens with two attached hydrogens (primary N) is 1. The molecule has 0 spiro atoms. The summed E-state index contributed by atoms with van der Waals surface area (Å²) >= 11 is 1.29. The van der Waals surface area contributed by atoms with Crippen LogP contribution in [-0.2, 0) is 4.79 Å². The number of urea groups is 1. The van der Waals surface area contributed by atoms with E-state index < -0.39 is 11.9 Å². The number of ether oxygens (including phenoxy) is 1. The van der Waals surface area contributed by atoms with Crippen LogP contribution in [-0.4, -0.2) is 23.5 Å². The van der Waals surface area contributed by atoms with E-state index in [9.17, 15) is 9.59 Å². The average Bonchev–Trinajstić information content (AvgIpc) is 3.01. The van der Waals surface area contributed by atoms with Crippen LogP contribution < -0.4 is 20.9 Å². The van der Waals surface area contributed by atoms with Gasteiger partial charge in [-0.15, -0.1) is 0 Å². The highest BCUT2D eigenvalue weighted by molar-refractivity contribution is 7.15. The first-order chi connectivity index (χ1) is 11.0. The molecular weight excluding hydrogens is 316 g/mol. The molecular formula is C15H18N4O3S. The largest absolute Gasteiger partial charge is 0.484 e. The Labute approximate surface area is 138 Å². The Bertz CT molecular complexity index is 672. The Balaban J connectivity index is 1.98. The number of benzene rings is 1. The van der Waals surface area contributed by atoms with E-state index in [2.05, 4.69) is 10.4 Å². The zero-order chi connectivity index (χ0) is 16.8. The van der Waals surface area contributed by atoms with Crippen molar-refractivity contribution in [3.8, 4) is 5.75 Å². The molecule has 3 amide bonds. The summed E-state index contributed by atoms with van der Waals surface area (Å²) in [6.45, 7) is 3.78. The topological polar surface area (TPSA) is 97.6 Å². The molecule has 122 valence electrons. The van der Waals surface area contributed by atoms with Crippen molar-refractivity contribution in [3.05, 3.63) is 41.4 Å². The van der Waals surface area contributed by atoms with Crippen LogP contribution in [0.3, 0.4) is 0 Å². The number of hydrogen-bond acceptors (Lipinski definition) is 5. The monoisotopic (exact) mass is 334 g/mol. The van der Waals surface area contributed by atoms with Crippen LogP contribution in [0.5, 0.6) is 5.75 Å². The van der Waals surface area contributed by atoms with Crippen molar-refractivity contribution in [1.82, 2.24) is 10.4 Å². The molecule has 2 rings (SSSR count). The minimum Gasteiger partial charge on any atom is -0.484 e. The fraction of sp³-hybridized carbons (Fsp3) is 0.267. The molecule has 3 N–H and O–H groups in total. The fourth-order valence-corrected chi connectivity index (χ4v) is 2.55. The van der Waals surface area contributed by atoms with Gasteiger partial charge in [-0.05, 0) is 18.1 Å². The van der Waals surface area contributed by atoms with Crippen LogP contribution in [0.2, 0.25) is 0 Å². The van der Waals surface area contributed by atoms with Gasteiger partial charge in [0.05, 0.1) is 0 Å². The van der Waals surface area contributed by atoms with Gasteiger partial charge in [0.25, 0.3) is 5.91 Å². The number of anilines is 1. The summed E-state index contributed by atoms with van der Waals surface area (Å²) in [5.74, 6) is 0.326. The van der Waals surface area contributed by atoms with Gasteiger partial charge >= 0.3 is 6.03 Å². The Kier molecular flexibility index (Phi) is 5.53. The van der Waals surface area contributed by atoms with Crippen molar-refractivity contribution in [3.63, 3.8) is 0 Å². The summed E-state index contributed by atoms with van der Waals surface area (Å²) in [7, 11) is 0. The number of nitrogens with one attached hydrogen (secondary N) is 1. The van der Waals surface area contributed by atoms with Gasteiger partial charge in [-0.25, -0.2) is 9.78 Å². The Morgan fingerprint density at radius 3 is 2.61 bits per heavy atom. The third-order valence-electron chi connectivity index (χ3n) is 2.84. The highest BCUT2D eigenvalue weighted by atomic mass is 32.1. The van der Waals surface area contributed by atoms with Crippen LogP contribution >= 0.6 is 11.3 Å². The van der Waals surface area contributed by atoms with Gasteiger partial charge in [0.2, 0.25) is 5.13 Å². The second-order valence-corrected chi connectivity index (χ2v) is 6.05. The van der Waals surface area contributed by atoms with Crippen LogP contribution in [0.4, 0.5) is 9.93 Å². The van der Waals surface area contributed by atoms with Gasteiger partial charge in [0.15, 0.2) is 6.61 Å². The van der Waals surface area contributed by atoms with Crippen LogP contribution in [0.15, 0.2) is 36.5 Å². The van der Waals surface area contributed by atoms with E-state index in [1.54, 1.807) is 30.5 Å². The van der Waals surface area contributed by atoms with E-state index in [-0.39, 0.29) is 12.5 Å². The van der Waals surface area contributed by atoms with Gasteiger partial charge in [0, 0.05) is 11.1 Å². The second-order valence-electron chi connectivity index (χ2n) is 5.01. The van der Waals surface area contributed by atoms with Crippen molar-refractivity contribution in [2.75, 3.05) is 11.6 Å². The first-order valence-electron chi connectivity index (χ1n) is 7.00. The molecule has 0 atom stereocenters. The SMILES string of the molecule is CC(C)c1cnc(N(NC(=O)COc2ccccc2)C(N)=O)s1. The first-order valence-corrected chi connectivity index (χ1v) is 7.81. The van der Waals surface area contributed by atoms with Crippen molar-refractivity contribution in [2.45, 2.75) is 19.8 Å². The number of aromatic nitrogens is 1. The maximum absolute atomic E-state index is 11.9. The third kappa shape index (κ3) is 4.68. The lowest BCUT2D eigenvalue weighted by Crippen LogP contribution is -2.50. The minimum absolute atomic E-state index is 0.240. The maximum Gasteiger partial charge on any atom is 0.340 e. The molecule has 0 radical (unpaired) electrons. The summed E-state index contributed by atoms with van der Waals surface area (Å²) in [4.78, 5) is 28.6. The quantitative estimate of drug-likeness (QED) is 0.820. The van der Waals surface area contributed by atoms with E-state index in [0.717, 1.165) is 9.89 Å². The van der Waals surface area contributed by atoms with E-state index in [1.165, 1.54) is 11.3 Å². The molecule has 0 fully saturated rings. The molecule has 0 unspecified atom stereocenters. The lowest BCUT2D eigenvalue weighted by molar-refractivity contribution is -0.123. The van der Waals surface area contributed by atoms with Crippen LogP contribution in [0, 0.1) is 0 Å². The van der Waals surface area contributed by atoms with Crippen molar-refractivity contribution in [1.29, 1.82) is 0 Å². The number of nitrogens with zero attached hydrogens (tertiary/aromatic N) is 2. The number of rotatable bonds is 5. The summed E-state index contributed by atoms with van der Waals surface area (Å²) in [6, 6.07) is 8.08. The smallest absolute Gasteiger partial charge is 0.340 e. The molecule has 1 aromatic heterocycles. The summed E-state index contributed by atoms with van der Waals surface area (Å²) in [5, 5.41) is 1.24. The number of carbonyl (C=O) groups excluding carboxylic acids is 2. The fourth-order valence-electron chi connectivity index (χ4n) is 1.67. The van der Waals surface area contributed by atoms with Gasteiger partial charge in [-0.3, -0.25) is 10.2 Å². The summed E-state index contributed by atoms with van der Waals surface area (Å²) in [6.07, 6.45) is 1.66. The van der Waals surface area contributed by atoms with E-state index in [1.807, 2.05) is 19.9 Å². The minimum atomic E-state index is -0.817. The molecule has 23 heavy (non-hydrogen) atoms. The lowest BCUT2D eigenvalue weighted by atomic mass is 10.2. The molecule has 0 aliphatic carbocycles. The van der Waals surface area contributed by atoms with E-state index in [0.29, 0.717) is 10.9 Å². The number of hydrogen-bond donors (Lipinski definition) is 2. The molecule has 0 saturated heterocycles. The summed E-state index contributed by atoms with van der Waals surface area (Å²) in [5.41, 5.74) is 7.71. The molecule has 1 aromatic carbocycles. The van der Waals surface area contributed by atoms with Gasteiger partial charge in [-0.2, -0.15) is 5.01 Å². The normalized spacial score (nSPS) is 10.4. The van der Waals surface area contributed by atoms with Crippen LogP contribution in [0.25, 0.3) is 0 Å². The molecule has 2 aromatic rings. The molecule has 1 heterocycles. The summed E-state index contributed by atoms with van der Waals surface area (Å²) < 4.78 is 5.32. The number of para-hydroxylation sites is 1. The predicted molar refractivity (Wildman–Crippen MR) is 88.3 cm³/mol. The van der Waals surface area contributed by atoms with Gasteiger partial charge in [-0.1, -0.05) is 43.4 Å². The third-order valence-corrected chi connectivity index (χ3v) is 4.12. The van der Waals surface area contributed by atoms with Crippen molar-refractivity contribution < 1.29 is 14.3 Å². The molecule has 7 nitrogen and oxygen atoms in total. The second kappa shape index (κ2) is 7.59. The average molecular weight is 334 g/mol. The lowest BCUT2D eigenvalue weighted by Gasteiger charge is -2.18. The van der Waals surface area contributed by atoms with Crippen molar-refractivity contribution >= 4 is 28.4 Å². The maximum atomic E-state index is 11.9. The Morgan fingerprint density at radius 2 is 2.04 bits per heavy atom. The molecule has 0 aliphatic heterocycles. The number of primary amides is 1. The van der Waals surface area contributed by atoms with E-state index >= 15 is 0 Å². The molecule has 0 saturated carbocycles. The highest BCUT2D eigenvalue weighted by Crippen LogP contribution is 2.27. The number of thiazole rings is 1. The zero-order valence-electron chi connectivity index (χ0n) is 12.9. The Hall–Kier alpha value is -2.61. The molecule has 0 bridgehead atoms. The number of hydrazine groups is 1. The standard InChI is InChI=1S/C15H18N4O3S/c1-10(2)12-8-17-15(23-12)19(14(16)21)18-13(20)9-22-11-6-4-3-5-7-11/h3-8,10H,9H2,1-2H3,(H2,16,21)(H,18,20).